The average molecular weight is 403 g/mol. The van der Waals surface area contributed by atoms with E-state index in [2.05, 4.69) is 15.5 Å². The molecule has 2 aromatic carbocycles. The Bertz CT molecular complexity index is 993. The summed E-state index contributed by atoms with van der Waals surface area (Å²) in [7, 11) is 3.09. The maximum Gasteiger partial charge on any atom is 0.277 e. The maximum absolute atomic E-state index is 13.3. The van der Waals surface area contributed by atoms with Crippen molar-refractivity contribution in [1.29, 1.82) is 0 Å². The van der Waals surface area contributed by atoms with Crippen molar-refractivity contribution >= 4 is 23.4 Å². The Morgan fingerprint density at radius 3 is 2.68 bits per heavy atom. The summed E-state index contributed by atoms with van der Waals surface area (Å²) in [4.78, 5) is 12.1. The number of benzene rings is 2. The normalized spacial score (nSPS) is 10.6. The highest BCUT2D eigenvalue weighted by Gasteiger charge is 2.14. The fourth-order valence-electron chi connectivity index (χ4n) is 2.40. The van der Waals surface area contributed by atoms with Gasteiger partial charge in [0, 0.05) is 11.3 Å². The molecular weight excluding hydrogens is 385 g/mol. The van der Waals surface area contributed by atoms with Gasteiger partial charge in [-0.25, -0.2) is 4.39 Å². The van der Waals surface area contributed by atoms with Crippen molar-refractivity contribution in [2.24, 2.45) is 0 Å². The molecule has 0 spiro atoms. The lowest BCUT2D eigenvalue weighted by Gasteiger charge is -2.07. The number of carbonyl (C=O) groups excluding carboxylic acids is 1. The lowest BCUT2D eigenvalue weighted by molar-refractivity contribution is -0.113. The maximum atomic E-state index is 13.3. The molecule has 0 fully saturated rings. The second-order valence-electron chi connectivity index (χ2n) is 5.74. The highest BCUT2D eigenvalue weighted by atomic mass is 32.2. The van der Waals surface area contributed by atoms with Gasteiger partial charge in [-0.1, -0.05) is 17.8 Å². The molecule has 0 saturated heterocycles. The molecule has 1 heterocycles. The first-order chi connectivity index (χ1) is 13.5. The molecule has 1 aromatic heterocycles. The minimum absolute atomic E-state index is 0.0452. The van der Waals surface area contributed by atoms with Crippen molar-refractivity contribution in [3.63, 3.8) is 0 Å². The Morgan fingerprint density at radius 1 is 1.14 bits per heavy atom. The monoisotopic (exact) mass is 403 g/mol. The Morgan fingerprint density at radius 2 is 1.93 bits per heavy atom. The van der Waals surface area contributed by atoms with E-state index < -0.39 is 5.82 Å². The van der Waals surface area contributed by atoms with Crippen molar-refractivity contribution in [1.82, 2.24) is 10.2 Å². The highest BCUT2D eigenvalue weighted by molar-refractivity contribution is 7.99. The lowest BCUT2D eigenvalue weighted by atomic mass is 10.2. The third-order valence-electron chi connectivity index (χ3n) is 3.84. The van der Waals surface area contributed by atoms with Gasteiger partial charge in [-0.3, -0.25) is 4.79 Å². The number of rotatable bonds is 7. The van der Waals surface area contributed by atoms with Crippen LogP contribution in [0.1, 0.15) is 5.56 Å². The number of methoxy groups -OCH3 is 2. The number of halogens is 1. The van der Waals surface area contributed by atoms with E-state index in [0.29, 0.717) is 28.6 Å². The smallest absolute Gasteiger partial charge is 0.277 e. The number of carbonyl (C=O) groups is 1. The summed E-state index contributed by atoms with van der Waals surface area (Å²) in [6.45, 7) is 1.79. The van der Waals surface area contributed by atoms with Gasteiger partial charge in [-0.05, 0) is 42.8 Å². The van der Waals surface area contributed by atoms with Crippen LogP contribution in [0.2, 0.25) is 0 Å². The molecule has 1 N–H and O–H groups in total. The standard InChI is InChI=1S/C19H18FN3O4S/c1-11-4-6-13(20)9-14(11)21-17(24)10-28-19-23-22-18(27-19)12-5-7-15(25-2)16(8-12)26-3/h4-9H,10H2,1-3H3,(H,21,24). The van der Waals surface area contributed by atoms with E-state index in [0.717, 1.165) is 17.3 Å². The molecule has 0 saturated carbocycles. The zero-order valence-corrected chi connectivity index (χ0v) is 16.3. The third-order valence-corrected chi connectivity index (χ3v) is 4.66. The van der Waals surface area contributed by atoms with Crippen LogP contribution < -0.4 is 14.8 Å². The number of hydrogen-bond acceptors (Lipinski definition) is 7. The van der Waals surface area contributed by atoms with Crippen LogP contribution in [-0.2, 0) is 4.79 Å². The zero-order chi connectivity index (χ0) is 20.1. The molecule has 0 radical (unpaired) electrons. The van der Waals surface area contributed by atoms with Crippen molar-refractivity contribution in [2.45, 2.75) is 12.1 Å². The quantitative estimate of drug-likeness (QED) is 0.598. The zero-order valence-electron chi connectivity index (χ0n) is 15.5. The number of nitrogens with one attached hydrogen (secondary N) is 1. The van der Waals surface area contributed by atoms with Crippen LogP contribution in [0.4, 0.5) is 10.1 Å². The van der Waals surface area contributed by atoms with E-state index in [1.165, 1.54) is 19.2 Å². The van der Waals surface area contributed by atoms with Crippen LogP contribution in [0.25, 0.3) is 11.5 Å². The molecule has 0 atom stereocenters. The summed E-state index contributed by atoms with van der Waals surface area (Å²) in [5, 5.41) is 10.8. The predicted octanol–water partition coefficient (Wildman–Crippen LogP) is 3.93. The molecule has 146 valence electrons. The summed E-state index contributed by atoms with van der Waals surface area (Å²) >= 11 is 1.09. The number of aryl methyl sites for hydroxylation is 1. The third kappa shape index (κ3) is 4.61. The largest absolute Gasteiger partial charge is 0.493 e. The van der Waals surface area contributed by atoms with Crippen LogP contribution in [0.3, 0.4) is 0 Å². The van der Waals surface area contributed by atoms with Crippen LogP contribution in [-0.4, -0.2) is 36.1 Å². The van der Waals surface area contributed by atoms with E-state index in [1.807, 2.05) is 0 Å². The van der Waals surface area contributed by atoms with Crippen LogP contribution in [0.15, 0.2) is 46.0 Å². The van der Waals surface area contributed by atoms with Crippen molar-refractivity contribution < 1.29 is 23.1 Å². The Kier molecular flexibility index (Phi) is 6.15. The first-order valence-electron chi connectivity index (χ1n) is 8.25. The molecule has 0 unspecified atom stereocenters. The Labute approximate surface area is 165 Å². The minimum atomic E-state index is -0.412. The molecule has 0 aliphatic carbocycles. The molecular formula is C19H18FN3O4S. The summed E-state index contributed by atoms with van der Waals surface area (Å²) in [6, 6.07) is 9.45. The van der Waals surface area contributed by atoms with E-state index in [4.69, 9.17) is 13.9 Å². The SMILES string of the molecule is COc1ccc(-c2nnc(SCC(=O)Nc3cc(F)ccc3C)o2)cc1OC. The second kappa shape index (κ2) is 8.75. The van der Waals surface area contributed by atoms with Crippen LogP contribution in [0.5, 0.6) is 11.5 Å². The number of aromatic nitrogens is 2. The number of hydrogen-bond donors (Lipinski definition) is 1. The topological polar surface area (TPSA) is 86.5 Å². The number of anilines is 1. The fraction of sp³-hybridized carbons (Fsp3) is 0.211. The number of ether oxygens (including phenoxy) is 2. The molecule has 0 aliphatic heterocycles. The van der Waals surface area contributed by atoms with Crippen LogP contribution in [0, 0.1) is 12.7 Å². The number of nitrogens with zero attached hydrogens (tertiary/aromatic N) is 2. The van der Waals surface area contributed by atoms with Crippen LogP contribution >= 0.6 is 11.8 Å². The van der Waals surface area contributed by atoms with E-state index >= 15 is 0 Å². The predicted molar refractivity (Wildman–Crippen MR) is 103 cm³/mol. The van der Waals surface area contributed by atoms with Gasteiger partial charge in [-0.15, -0.1) is 10.2 Å². The van der Waals surface area contributed by atoms with Crippen molar-refractivity contribution in [3.05, 3.63) is 47.8 Å². The highest BCUT2D eigenvalue weighted by Crippen LogP contribution is 2.32. The molecule has 3 rings (SSSR count). The van der Waals surface area contributed by atoms with Gasteiger partial charge >= 0.3 is 0 Å². The first kappa shape index (κ1) is 19.7. The summed E-state index contributed by atoms with van der Waals surface area (Å²) < 4.78 is 29.4. The summed E-state index contributed by atoms with van der Waals surface area (Å²) in [5.41, 5.74) is 1.87. The molecule has 3 aromatic rings. The lowest BCUT2D eigenvalue weighted by Crippen LogP contribution is -2.15. The van der Waals surface area contributed by atoms with Gasteiger partial charge in [0.05, 0.1) is 20.0 Å². The van der Waals surface area contributed by atoms with Gasteiger partial charge in [-0.2, -0.15) is 0 Å². The summed E-state index contributed by atoms with van der Waals surface area (Å²) in [6.07, 6.45) is 0. The number of thioether (sulfide) groups is 1. The molecule has 9 heteroatoms. The minimum Gasteiger partial charge on any atom is -0.493 e. The molecule has 1 amide bonds. The second-order valence-corrected chi connectivity index (χ2v) is 6.67. The van der Waals surface area contributed by atoms with E-state index in [9.17, 15) is 9.18 Å². The van der Waals surface area contributed by atoms with E-state index in [1.54, 1.807) is 38.3 Å². The van der Waals surface area contributed by atoms with Gasteiger partial charge in [0.2, 0.25) is 11.8 Å². The average Bonchev–Trinajstić information content (AvgIpc) is 3.17. The number of amides is 1. The van der Waals surface area contributed by atoms with Gasteiger partial charge in [0.1, 0.15) is 5.82 Å². The molecule has 7 nitrogen and oxygen atoms in total. The van der Waals surface area contributed by atoms with Gasteiger partial charge in [0.25, 0.3) is 5.22 Å². The molecule has 0 bridgehead atoms. The Hall–Kier alpha value is -3.07. The molecule has 0 aliphatic rings. The van der Waals surface area contributed by atoms with Crippen molar-refractivity contribution in [3.8, 4) is 23.0 Å². The fourth-order valence-corrected chi connectivity index (χ4v) is 2.96. The van der Waals surface area contributed by atoms with Crippen molar-refractivity contribution in [2.75, 3.05) is 25.3 Å². The van der Waals surface area contributed by atoms with Gasteiger partial charge < -0.3 is 19.2 Å². The van der Waals surface area contributed by atoms with Gasteiger partial charge in [0.15, 0.2) is 11.5 Å². The Balaban J connectivity index is 1.63. The van der Waals surface area contributed by atoms with E-state index in [-0.39, 0.29) is 16.9 Å². The first-order valence-corrected chi connectivity index (χ1v) is 9.23. The molecule has 28 heavy (non-hydrogen) atoms. The summed E-state index contributed by atoms with van der Waals surface area (Å²) in [5.74, 6) is 0.755.